The van der Waals surface area contributed by atoms with Crippen molar-refractivity contribution in [2.75, 3.05) is 5.73 Å². The highest BCUT2D eigenvalue weighted by Gasteiger charge is 2.13. The van der Waals surface area contributed by atoms with Crippen LogP contribution in [0.25, 0.3) is 0 Å². The third-order valence-electron chi connectivity index (χ3n) is 2.64. The molecule has 0 radical (unpaired) electrons. The van der Waals surface area contributed by atoms with Crippen molar-refractivity contribution < 1.29 is 9.66 Å². The van der Waals surface area contributed by atoms with Crippen molar-refractivity contribution in [3.05, 3.63) is 61.1 Å². The molecule has 2 N–H and O–H groups in total. The molecule has 0 heterocycles. The Morgan fingerprint density at radius 2 is 1.76 bits per heavy atom. The molecule has 0 aliphatic rings. The predicted molar refractivity (Wildman–Crippen MR) is 83.3 cm³/mol. The minimum atomic E-state index is -0.554. The van der Waals surface area contributed by atoms with Crippen LogP contribution in [-0.4, -0.2) is 4.92 Å². The second kappa shape index (κ2) is 6.39. The van der Waals surface area contributed by atoms with Gasteiger partial charge < -0.3 is 10.5 Å². The summed E-state index contributed by atoms with van der Waals surface area (Å²) in [6.45, 7) is 0.0577. The van der Waals surface area contributed by atoms with Gasteiger partial charge in [-0.05, 0) is 23.8 Å². The number of anilines is 1. The molecule has 0 bridgehead atoms. The fourth-order valence-corrected chi connectivity index (χ4v) is 2.59. The van der Waals surface area contributed by atoms with E-state index in [1.807, 2.05) is 0 Å². The molecule has 2 rings (SSSR count). The van der Waals surface area contributed by atoms with Crippen LogP contribution in [0.5, 0.6) is 5.75 Å². The van der Waals surface area contributed by atoms with E-state index in [9.17, 15) is 10.1 Å². The number of halogens is 3. The van der Waals surface area contributed by atoms with Crippen molar-refractivity contribution in [3.63, 3.8) is 0 Å². The zero-order valence-electron chi connectivity index (χ0n) is 10.5. The lowest BCUT2D eigenvalue weighted by Crippen LogP contribution is -2.00. The van der Waals surface area contributed by atoms with Crippen molar-refractivity contribution in [1.29, 1.82) is 0 Å². The Balaban J connectivity index is 2.21. The van der Waals surface area contributed by atoms with Crippen LogP contribution in [0.2, 0.25) is 15.1 Å². The van der Waals surface area contributed by atoms with Crippen LogP contribution in [0.1, 0.15) is 5.56 Å². The molecule has 0 saturated heterocycles. The van der Waals surface area contributed by atoms with Gasteiger partial charge in [0.25, 0.3) is 5.69 Å². The summed E-state index contributed by atoms with van der Waals surface area (Å²) in [5, 5.41) is 11.7. The summed E-state index contributed by atoms with van der Waals surface area (Å²) in [6, 6.07) is 7.40. The highest BCUT2D eigenvalue weighted by Crippen LogP contribution is 2.36. The van der Waals surface area contributed by atoms with Crippen molar-refractivity contribution in [2.45, 2.75) is 6.61 Å². The molecule has 21 heavy (non-hydrogen) atoms. The summed E-state index contributed by atoms with van der Waals surface area (Å²) in [5.74, 6) is 0.266. The average Bonchev–Trinajstić information content (AvgIpc) is 2.38. The number of hydrogen-bond acceptors (Lipinski definition) is 4. The van der Waals surface area contributed by atoms with E-state index >= 15 is 0 Å². The van der Waals surface area contributed by atoms with Gasteiger partial charge in [0.15, 0.2) is 5.75 Å². The Bertz CT molecular complexity index is 684. The van der Waals surface area contributed by atoms with E-state index < -0.39 is 4.92 Å². The first-order chi connectivity index (χ1) is 9.88. The number of rotatable bonds is 4. The molecule has 0 saturated carbocycles. The van der Waals surface area contributed by atoms with Crippen LogP contribution in [0.4, 0.5) is 11.4 Å². The van der Waals surface area contributed by atoms with Crippen LogP contribution >= 0.6 is 34.8 Å². The molecule has 0 aliphatic carbocycles. The number of nitro benzene ring substituents is 1. The molecule has 110 valence electrons. The zero-order valence-corrected chi connectivity index (χ0v) is 12.7. The highest BCUT2D eigenvalue weighted by molar-refractivity contribution is 6.40. The average molecular weight is 348 g/mol. The predicted octanol–water partition coefficient (Wildman–Crippen LogP) is 4.72. The zero-order chi connectivity index (χ0) is 15.6. The number of benzene rings is 2. The van der Waals surface area contributed by atoms with Crippen molar-refractivity contribution in [3.8, 4) is 5.75 Å². The van der Waals surface area contributed by atoms with Gasteiger partial charge in [0.1, 0.15) is 12.3 Å². The Hall–Kier alpha value is -1.69. The quantitative estimate of drug-likeness (QED) is 0.493. The van der Waals surface area contributed by atoms with Gasteiger partial charge in [-0.25, -0.2) is 0 Å². The molecule has 5 nitrogen and oxygen atoms in total. The summed E-state index contributed by atoms with van der Waals surface area (Å²) >= 11 is 17.8. The Morgan fingerprint density at radius 1 is 1.14 bits per heavy atom. The normalized spacial score (nSPS) is 10.4. The third kappa shape index (κ3) is 3.69. The van der Waals surface area contributed by atoms with Gasteiger partial charge in [0.05, 0.1) is 15.0 Å². The van der Waals surface area contributed by atoms with Crippen LogP contribution in [0.15, 0.2) is 30.3 Å². The van der Waals surface area contributed by atoms with Gasteiger partial charge in [0, 0.05) is 11.1 Å². The molecular formula is C13H9Cl3N2O3. The van der Waals surface area contributed by atoms with E-state index in [0.717, 1.165) is 0 Å². The van der Waals surface area contributed by atoms with Gasteiger partial charge in [0.2, 0.25) is 0 Å². The van der Waals surface area contributed by atoms with Gasteiger partial charge in [-0.1, -0.05) is 40.9 Å². The van der Waals surface area contributed by atoms with E-state index in [2.05, 4.69) is 0 Å². The van der Waals surface area contributed by atoms with Crippen LogP contribution < -0.4 is 10.5 Å². The fourth-order valence-electron chi connectivity index (χ4n) is 1.66. The topological polar surface area (TPSA) is 78.4 Å². The lowest BCUT2D eigenvalue weighted by molar-refractivity contribution is -0.384. The van der Waals surface area contributed by atoms with Crippen molar-refractivity contribution in [2.24, 2.45) is 0 Å². The third-order valence-corrected chi connectivity index (χ3v) is 3.42. The molecule has 0 atom stereocenters. The maximum Gasteiger partial charge on any atom is 0.292 e. The van der Waals surface area contributed by atoms with Crippen LogP contribution in [0.3, 0.4) is 0 Å². The SMILES string of the molecule is Nc1ccc(COc2c(Cl)cc(Cl)cc2Cl)cc1[N+](=O)[O-]. The summed E-state index contributed by atoms with van der Waals surface area (Å²) in [7, 11) is 0. The molecule has 8 heteroatoms. The molecule has 0 fully saturated rings. The lowest BCUT2D eigenvalue weighted by atomic mass is 10.2. The fraction of sp³-hybridized carbons (Fsp3) is 0.0769. The van der Waals surface area contributed by atoms with Gasteiger partial charge in [-0.3, -0.25) is 10.1 Å². The Labute approximate surface area is 135 Å². The van der Waals surface area contributed by atoms with E-state index in [1.165, 1.54) is 24.3 Å². The molecule has 2 aromatic rings. The maximum absolute atomic E-state index is 10.8. The second-order valence-electron chi connectivity index (χ2n) is 4.14. The number of nitrogens with zero attached hydrogens (tertiary/aromatic N) is 1. The number of ether oxygens (including phenoxy) is 1. The summed E-state index contributed by atoms with van der Waals surface area (Å²) in [5.41, 5.74) is 6.00. The van der Waals surface area contributed by atoms with Crippen LogP contribution in [-0.2, 0) is 6.61 Å². The molecule has 0 spiro atoms. The monoisotopic (exact) mass is 346 g/mol. The molecule has 0 unspecified atom stereocenters. The van der Waals surface area contributed by atoms with Crippen molar-refractivity contribution in [1.82, 2.24) is 0 Å². The largest absolute Gasteiger partial charge is 0.486 e. The molecule has 0 aliphatic heterocycles. The standard InChI is InChI=1S/C13H9Cl3N2O3/c14-8-4-9(15)13(10(16)5-8)21-6-7-1-2-11(17)12(3-7)18(19)20/h1-5H,6,17H2. The lowest BCUT2D eigenvalue weighted by Gasteiger charge is -2.10. The first kappa shape index (κ1) is 15.7. The molecular weight excluding hydrogens is 339 g/mol. The van der Waals surface area contributed by atoms with Crippen molar-refractivity contribution >= 4 is 46.2 Å². The first-order valence-corrected chi connectivity index (χ1v) is 6.82. The summed E-state index contributed by atoms with van der Waals surface area (Å²) < 4.78 is 5.50. The van der Waals surface area contributed by atoms with Gasteiger partial charge in [-0.15, -0.1) is 0 Å². The second-order valence-corrected chi connectivity index (χ2v) is 5.39. The van der Waals surface area contributed by atoms with E-state index in [0.29, 0.717) is 10.6 Å². The van der Waals surface area contributed by atoms with E-state index in [4.69, 9.17) is 45.3 Å². The first-order valence-electron chi connectivity index (χ1n) is 5.68. The van der Waals surface area contributed by atoms with E-state index in [-0.39, 0.29) is 33.8 Å². The van der Waals surface area contributed by atoms with Gasteiger partial charge in [-0.2, -0.15) is 0 Å². The highest BCUT2D eigenvalue weighted by atomic mass is 35.5. The summed E-state index contributed by atoms with van der Waals surface area (Å²) in [4.78, 5) is 10.3. The maximum atomic E-state index is 10.8. The smallest absolute Gasteiger partial charge is 0.292 e. The molecule has 0 aromatic heterocycles. The number of nitrogen functional groups attached to an aromatic ring is 1. The summed E-state index contributed by atoms with van der Waals surface area (Å²) in [6.07, 6.45) is 0. The van der Waals surface area contributed by atoms with E-state index in [1.54, 1.807) is 6.07 Å². The van der Waals surface area contributed by atoms with Crippen LogP contribution in [0, 0.1) is 10.1 Å². The number of nitro groups is 1. The minimum Gasteiger partial charge on any atom is -0.486 e. The van der Waals surface area contributed by atoms with Gasteiger partial charge >= 0.3 is 0 Å². The Kier molecular flexibility index (Phi) is 4.77. The minimum absolute atomic E-state index is 0.0577. The molecule has 0 amide bonds. The Morgan fingerprint density at radius 3 is 2.33 bits per heavy atom. The number of nitrogens with two attached hydrogens (primary N) is 1. The number of hydrogen-bond donors (Lipinski definition) is 1. The molecule has 2 aromatic carbocycles.